The Hall–Kier alpha value is -0.900. The first-order chi connectivity index (χ1) is 14.1. The first-order valence-corrected chi connectivity index (χ1v) is 12.6. The van der Waals surface area contributed by atoms with Crippen molar-refractivity contribution in [3.63, 3.8) is 0 Å². The molecule has 30 heavy (non-hydrogen) atoms. The molecular formula is C26H42O4. The molecule has 0 spiro atoms. The summed E-state index contributed by atoms with van der Waals surface area (Å²) in [5.41, 5.74) is 0.358. The third-order valence-electron chi connectivity index (χ3n) is 10.7. The van der Waals surface area contributed by atoms with Gasteiger partial charge < -0.3 is 10.2 Å². The van der Waals surface area contributed by atoms with Crippen LogP contribution < -0.4 is 0 Å². The highest BCUT2D eigenvalue weighted by Gasteiger charge is 2.65. The zero-order valence-corrected chi connectivity index (χ0v) is 19.4. The van der Waals surface area contributed by atoms with Crippen LogP contribution in [0.5, 0.6) is 0 Å². The van der Waals surface area contributed by atoms with Gasteiger partial charge in [-0.3, -0.25) is 9.59 Å². The van der Waals surface area contributed by atoms with Crippen molar-refractivity contribution >= 4 is 11.8 Å². The summed E-state index contributed by atoms with van der Waals surface area (Å²) in [6, 6.07) is 0. The van der Waals surface area contributed by atoms with Crippen molar-refractivity contribution in [2.24, 2.45) is 52.3 Å². The summed E-state index contributed by atoms with van der Waals surface area (Å²) in [6.45, 7) is 9.28. The van der Waals surface area contributed by atoms with Crippen molar-refractivity contribution in [3.05, 3.63) is 0 Å². The maximum absolute atomic E-state index is 13.9. The number of ketones is 1. The topological polar surface area (TPSA) is 74.6 Å². The van der Waals surface area contributed by atoms with Crippen LogP contribution in [-0.2, 0) is 9.59 Å². The fourth-order valence-electron chi connectivity index (χ4n) is 9.16. The standard InChI is InChI=1S/C26H42O4/c1-5-17-21-14-16(27)10-12-26(21,4)20-11-13-25(3)18(15(2)6-9-22(28)29)7-8-19(25)23(20)24(17)30/h15-21,23,27H,5-14H2,1-4H3,(H,28,29)/t15-,16-,17-,18-,19+,20?,21?,23?,25-,26-/m1/s1. The Labute approximate surface area is 182 Å². The Balaban J connectivity index is 1.62. The molecule has 0 aromatic carbocycles. The van der Waals surface area contributed by atoms with Gasteiger partial charge >= 0.3 is 5.97 Å². The van der Waals surface area contributed by atoms with Gasteiger partial charge in [0.2, 0.25) is 0 Å². The highest BCUT2D eigenvalue weighted by Crippen LogP contribution is 2.68. The number of aliphatic carboxylic acids is 1. The molecule has 4 heteroatoms. The monoisotopic (exact) mass is 418 g/mol. The third kappa shape index (κ3) is 3.27. The number of aliphatic hydroxyl groups excluding tert-OH is 1. The van der Waals surface area contributed by atoms with Gasteiger partial charge in [-0.2, -0.15) is 0 Å². The van der Waals surface area contributed by atoms with E-state index in [-0.39, 0.29) is 35.2 Å². The minimum atomic E-state index is -0.697. The zero-order chi connectivity index (χ0) is 21.8. The Morgan fingerprint density at radius 1 is 1.07 bits per heavy atom. The van der Waals surface area contributed by atoms with Crippen molar-refractivity contribution in [2.45, 2.75) is 98.0 Å². The maximum Gasteiger partial charge on any atom is 0.303 e. The number of Topliss-reactive ketones (excluding diaryl/α,β-unsaturated/α-hetero) is 1. The lowest BCUT2D eigenvalue weighted by Crippen LogP contribution is -2.60. The maximum atomic E-state index is 13.9. The summed E-state index contributed by atoms with van der Waals surface area (Å²) in [5, 5.41) is 19.5. The lowest BCUT2D eigenvalue weighted by Gasteiger charge is -2.62. The van der Waals surface area contributed by atoms with Gasteiger partial charge in [-0.05, 0) is 98.2 Å². The van der Waals surface area contributed by atoms with E-state index in [9.17, 15) is 14.7 Å². The number of carbonyl (C=O) groups excluding carboxylic acids is 1. The van der Waals surface area contributed by atoms with E-state index in [0.717, 1.165) is 51.4 Å². The van der Waals surface area contributed by atoms with Crippen molar-refractivity contribution in [2.75, 3.05) is 0 Å². The van der Waals surface area contributed by atoms with Gasteiger partial charge in [-0.15, -0.1) is 0 Å². The number of hydrogen-bond acceptors (Lipinski definition) is 3. The number of aliphatic hydroxyl groups is 1. The van der Waals surface area contributed by atoms with Gasteiger partial charge in [0.1, 0.15) is 5.78 Å². The first kappa shape index (κ1) is 22.3. The normalized spacial score (nSPS) is 49.1. The summed E-state index contributed by atoms with van der Waals surface area (Å²) in [7, 11) is 0. The van der Waals surface area contributed by atoms with E-state index in [1.54, 1.807) is 0 Å². The third-order valence-corrected chi connectivity index (χ3v) is 10.7. The molecule has 0 aliphatic heterocycles. The number of rotatable bonds is 5. The van der Waals surface area contributed by atoms with E-state index in [1.165, 1.54) is 6.42 Å². The predicted molar refractivity (Wildman–Crippen MR) is 117 cm³/mol. The number of hydrogen-bond donors (Lipinski definition) is 2. The minimum absolute atomic E-state index is 0.108. The first-order valence-electron chi connectivity index (χ1n) is 12.6. The van der Waals surface area contributed by atoms with Gasteiger partial charge in [-0.1, -0.05) is 27.7 Å². The smallest absolute Gasteiger partial charge is 0.303 e. The Kier molecular flexibility index (Phi) is 5.87. The van der Waals surface area contributed by atoms with Crippen molar-refractivity contribution in [1.82, 2.24) is 0 Å². The molecule has 0 amide bonds. The van der Waals surface area contributed by atoms with Gasteiger partial charge in [0.05, 0.1) is 6.10 Å². The van der Waals surface area contributed by atoms with Crippen LogP contribution in [0, 0.1) is 52.3 Å². The fraction of sp³-hybridized carbons (Fsp3) is 0.923. The molecule has 4 nitrogen and oxygen atoms in total. The van der Waals surface area contributed by atoms with Crippen molar-refractivity contribution in [3.8, 4) is 0 Å². The Bertz CT molecular complexity index is 689. The van der Waals surface area contributed by atoms with Crippen molar-refractivity contribution in [1.29, 1.82) is 0 Å². The van der Waals surface area contributed by atoms with Gasteiger partial charge in [0, 0.05) is 18.3 Å². The van der Waals surface area contributed by atoms with Crippen LogP contribution in [0.4, 0.5) is 0 Å². The Morgan fingerprint density at radius 2 is 1.73 bits per heavy atom. The second kappa shape index (κ2) is 7.90. The Morgan fingerprint density at radius 3 is 2.40 bits per heavy atom. The van der Waals surface area contributed by atoms with E-state index < -0.39 is 5.97 Å². The van der Waals surface area contributed by atoms with E-state index in [1.807, 2.05) is 0 Å². The average molecular weight is 419 g/mol. The number of carboxylic acids is 1. The van der Waals surface area contributed by atoms with Gasteiger partial charge in [-0.25, -0.2) is 0 Å². The quantitative estimate of drug-likeness (QED) is 0.633. The molecule has 0 radical (unpaired) electrons. The molecule has 0 saturated heterocycles. The summed E-state index contributed by atoms with van der Waals surface area (Å²) in [5.74, 6) is 2.31. The molecule has 4 rings (SSSR count). The summed E-state index contributed by atoms with van der Waals surface area (Å²) in [6.07, 6.45) is 9.01. The van der Waals surface area contributed by atoms with Crippen molar-refractivity contribution < 1.29 is 19.8 Å². The molecule has 3 unspecified atom stereocenters. The molecule has 4 fully saturated rings. The molecule has 0 aromatic heterocycles. The second-order valence-corrected chi connectivity index (χ2v) is 11.8. The summed E-state index contributed by atoms with van der Waals surface area (Å²) >= 11 is 0. The van der Waals surface area contributed by atoms with E-state index in [4.69, 9.17) is 5.11 Å². The molecule has 0 aromatic rings. The minimum Gasteiger partial charge on any atom is -0.481 e. The summed E-state index contributed by atoms with van der Waals surface area (Å²) < 4.78 is 0. The summed E-state index contributed by atoms with van der Waals surface area (Å²) in [4.78, 5) is 25.0. The van der Waals surface area contributed by atoms with Crippen LogP contribution in [0.15, 0.2) is 0 Å². The molecule has 10 atom stereocenters. The highest BCUT2D eigenvalue weighted by molar-refractivity contribution is 5.86. The van der Waals surface area contributed by atoms with E-state index in [2.05, 4.69) is 27.7 Å². The van der Waals surface area contributed by atoms with Crippen LogP contribution in [0.1, 0.15) is 91.9 Å². The number of carboxylic acid groups (broad SMARTS) is 1. The molecule has 0 heterocycles. The lowest BCUT2D eigenvalue weighted by atomic mass is 9.42. The van der Waals surface area contributed by atoms with Gasteiger partial charge in [0.25, 0.3) is 0 Å². The molecular weight excluding hydrogens is 376 g/mol. The highest BCUT2D eigenvalue weighted by atomic mass is 16.4. The molecule has 4 saturated carbocycles. The van der Waals surface area contributed by atoms with Crippen LogP contribution in [0.3, 0.4) is 0 Å². The molecule has 4 aliphatic carbocycles. The van der Waals surface area contributed by atoms with E-state index in [0.29, 0.717) is 35.4 Å². The number of carbonyl (C=O) groups is 2. The SMILES string of the molecule is CC[C@H]1C(=O)C2C(CC[C@]3(C)[C@@H]([C@H](C)CCC(=O)O)CC[C@@H]23)[C@@]2(C)CC[C@@H](O)CC12. The predicted octanol–water partition coefficient (Wildman–Crippen LogP) is 5.32. The molecule has 4 aliphatic rings. The van der Waals surface area contributed by atoms with Gasteiger partial charge in [0.15, 0.2) is 0 Å². The fourth-order valence-corrected chi connectivity index (χ4v) is 9.16. The molecule has 170 valence electrons. The van der Waals surface area contributed by atoms with E-state index >= 15 is 0 Å². The largest absolute Gasteiger partial charge is 0.481 e. The van der Waals surface area contributed by atoms with Crippen LogP contribution >= 0.6 is 0 Å². The molecule has 2 N–H and O–H groups in total. The lowest BCUT2D eigenvalue weighted by molar-refractivity contribution is -0.173. The zero-order valence-electron chi connectivity index (χ0n) is 19.4. The molecule has 0 bridgehead atoms. The van der Waals surface area contributed by atoms with Crippen LogP contribution in [-0.4, -0.2) is 28.1 Å². The number of fused-ring (bicyclic) bond motifs is 5. The average Bonchev–Trinajstić information content (AvgIpc) is 3.05. The van der Waals surface area contributed by atoms with Crippen LogP contribution in [0.25, 0.3) is 0 Å². The van der Waals surface area contributed by atoms with Crippen LogP contribution in [0.2, 0.25) is 0 Å². The second-order valence-electron chi connectivity index (χ2n) is 11.8.